The van der Waals surface area contributed by atoms with E-state index in [1.165, 1.54) is 6.07 Å². The molecule has 0 spiro atoms. The molecule has 1 amide bonds. The summed E-state index contributed by atoms with van der Waals surface area (Å²) in [6, 6.07) is 10.6. The molecule has 6 heteroatoms. The van der Waals surface area contributed by atoms with Crippen molar-refractivity contribution in [3.05, 3.63) is 52.4 Å². The van der Waals surface area contributed by atoms with Crippen LogP contribution < -0.4 is 10.9 Å². The molecular formula is C14H15N3O2S. The SMILES string of the molecule is CSc1ccccc1NC(=O)Cn1nc(C)ccc1=O. The Morgan fingerprint density at radius 2 is 2.05 bits per heavy atom. The molecule has 2 aromatic rings. The Balaban J connectivity index is 2.13. The number of hydrogen-bond donors (Lipinski definition) is 1. The quantitative estimate of drug-likeness (QED) is 0.873. The third-order valence-electron chi connectivity index (χ3n) is 2.67. The molecule has 0 saturated carbocycles. The highest BCUT2D eigenvalue weighted by molar-refractivity contribution is 7.98. The number of anilines is 1. The lowest BCUT2D eigenvalue weighted by molar-refractivity contribution is -0.117. The van der Waals surface area contributed by atoms with Crippen LogP contribution in [0.5, 0.6) is 0 Å². The van der Waals surface area contributed by atoms with E-state index >= 15 is 0 Å². The summed E-state index contributed by atoms with van der Waals surface area (Å²) in [5.41, 5.74) is 1.15. The van der Waals surface area contributed by atoms with Crippen molar-refractivity contribution in [3.8, 4) is 0 Å². The van der Waals surface area contributed by atoms with E-state index in [1.54, 1.807) is 24.8 Å². The first-order valence-corrected chi connectivity index (χ1v) is 7.30. The Morgan fingerprint density at radius 1 is 1.30 bits per heavy atom. The Kier molecular flexibility index (Phi) is 4.57. The summed E-state index contributed by atoms with van der Waals surface area (Å²) in [7, 11) is 0. The van der Waals surface area contributed by atoms with Crippen molar-refractivity contribution < 1.29 is 4.79 Å². The minimum Gasteiger partial charge on any atom is -0.323 e. The summed E-state index contributed by atoms with van der Waals surface area (Å²) in [5.74, 6) is -0.272. The van der Waals surface area contributed by atoms with Crippen LogP contribution in [0.3, 0.4) is 0 Å². The number of carbonyl (C=O) groups excluding carboxylic acids is 1. The number of hydrogen-bond acceptors (Lipinski definition) is 4. The summed E-state index contributed by atoms with van der Waals surface area (Å²) in [4.78, 5) is 24.6. The second-order valence-electron chi connectivity index (χ2n) is 4.22. The van der Waals surface area contributed by atoms with E-state index in [-0.39, 0.29) is 18.0 Å². The third-order valence-corrected chi connectivity index (χ3v) is 3.47. The second kappa shape index (κ2) is 6.38. The van der Waals surface area contributed by atoms with Crippen molar-refractivity contribution >= 4 is 23.4 Å². The molecule has 1 aromatic heterocycles. The van der Waals surface area contributed by atoms with Crippen molar-refractivity contribution in [3.63, 3.8) is 0 Å². The molecule has 0 aliphatic heterocycles. The summed E-state index contributed by atoms with van der Waals surface area (Å²) in [5, 5.41) is 6.83. The maximum absolute atomic E-state index is 12.0. The first-order valence-electron chi connectivity index (χ1n) is 6.08. The molecule has 2 rings (SSSR count). The monoisotopic (exact) mass is 289 g/mol. The van der Waals surface area contributed by atoms with Crippen LogP contribution in [0.15, 0.2) is 46.1 Å². The van der Waals surface area contributed by atoms with Gasteiger partial charge in [0.25, 0.3) is 5.56 Å². The van der Waals surface area contributed by atoms with Gasteiger partial charge in [0.1, 0.15) is 6.54 Å². The average Bonchev–Trinajstić information content (AvgIpc) is 2.43. The van der Waals surface area contributed by atoms with Crippen LogP contribution in [0.1, 0.15) is 5.69 Å². The number of rotatable bonds is 4. The lowest BCUT2D eigenvalue weighted by Crippen LogP contribution is -2.29. The van der Waals surface area contributed by atoms with Crippen molar-refractivity contribution in [1.82, 2.24) is 9.78 Å². The van der Waals surface area contributed by atoms with Gasteiger partial charge in [0.15, 0.2) is 0 Å². The van der Waals surface area contributed by atoms with Crippen molar-refractivity contribution in [1.29, 1.82) is 0 Å². The van der Waals surface area contributed by atoms with Gasteiger partial charge in [0.05, 0.1) is 11.4 Å². The maximum atomic E-state index is 12.0. The molecule has 0 atom stereocenters. The first kappa shape index (κ1) is 14.3. The highest BCUT2D eigenvalue weighted by Gasteiger charge is 2.08. The number of thioether (sulfide) groups is 1. The molecule has 104 valence electrons. The van der Waals surface area contributed by atoms with Crippen molar-refractivity contribution in [2.75, 3.05) is 11.6 Å². The predicted molar refractivity (Wildman–Crippen MR) is 80.1 cm³/mol. The summed E-state index contributed by atoms with van der Waals surface area (Å²) in [6.45, 7) is 1.68. The fraction of sp³-hybridized carbons (Fsp3) is 0.214. The Hall–Kier alpha value is -2.08. The largest absolute Gasteiger partial charge is 0.323 e. The Morgan fingerprint density at radius 3 is 2.80 bits per heavy atom. The summed E-state index contributed by atoms with van der Waals surface area (Å²) >= 11 is 1.55. The number of aromatic nitrogens is 2. The smallest absolute Gasteiger partial charge is 0.267 e. The van der Waals surface area contributed by atoms with Crippen LogP contribution in [0.4, 0.5) is 5.69 Å². The van der Waals surface area contributed by atoms with Gasteiger partial charge < -0.3 is 5.32 Å². The molecule has 1 aromatic carbocycles. The van der Waals surface area contributed by atoms with Gasteiger partial charge in [0.2, 0.25) is 5.91 Å². The van der Waals surface area contributed by atoms with Gasteiger partial charge >= 0.3 is 0 Å². The fourth-order valence-electron chi connectivity index (χ4n) is 1.74. The van der Waals surface area contributed by atoms with E-state index < -0.39 is 0 Å². The zero-order valence-corrected chi connectivity index (χ0v) is 12.1. The number of nitrogens with one attached hydrogen (secondary N) is 1. The minimum absolute atomic E-state index is 0.0940. The summed E-state index contributed by atoms with van der Waals surface area (Å²) < 4.78 is 1.16. The average molecular weight is 289 g/mol. The van der Waals surface area contributed by atoms with Gasteiger partial charge in [-0.2, -0.15) is 5.10 Å². The Labute approximate surface area is 121 Å². The zero-order chi connectivity index (χ0) is 14.5. The molecule has 0 aliphatic carbocycles. The number of amides is 1. The lowest BCUT2D eigenvalue weighted by atomic mass is 10.3. The maximum Gasteiger partial charge on any atom is 0.267 e. The van der Waals surface area contributed by atoms with E-state index in [4.69, 9.17) is 0 Å². The molecule has 1 N–H and O–H groups in total. The third kappa shape index (κ3) is 3.48. The standard InChI is InChI=1S/C14H15N3O2S/c1-10-7-8-14(19)17(16-10)9-13(18)15-11-5-3-4-6-12(11)20-2/h3-8H,9H2,1-2H3,(H,15,18). The number of carbonyl (C=O) groups is 1. The first-order chi connectivity index (χ1) is 9.60. The number of para-hydroxylation sites is 1. The van der Waals surface area contributed by atoms with E-state index in [9.17, 15) is 9.59 Å². The van der Waals surface area contributed by atoms with Crippen LogP contribution in [0.25, 0.3) is 0 Å². The van der Waals surface area contributed by atoms with E-state index in [0.29, 0.717) is 5.69 Å². The zero-order valence-electron chi connectivity index (χ0n) is 11.3. The lowest BCUT2D eigenvalue weighted by Gasteiger charge is -2.10. The molecule has 5 nitrogen and oxygen atoms in total. The van der Waals surface area contributed by atoms with Crippen molar-refractivity contribution in [2.24, 2.45) is 0 Å². The number of benzene rings is 1. The molecule has 0 saturated heterocycles. The van der Waals surface area contributed by atoms with E-state index in [2.05, 4.69) is 10.4 Å². The van der Waals surface area contributed by atoms with Gasteiger partial charge in [-0.05, 0) is 31.4 Å². The van der Waals surface area contributed by atoms with Gasteiger partial charge in [-0.25, -0.2) is 4.68 Å². The van der Waals surface area contributed by atoms with E-state index in [0.717, 1.165) is 15.3 Å². The second-order valence-corrected chi connectivity index (χ2v) is 5.07. The van der Waals surface area contributed by atoms with Gasteiger partial charge in [-0.3, -0.25) is 9.59 Å². The molecule has 0 radical (unpaired) electrons. The Bertz CT molecular complexity index is 682. The van der Waals surface area contributed by atoms with Gasteiger partial charge in [0, 0.05) is 11.0 Å². The van der Waals surface area contributed by atoms with Crippen LogP contribution in [-0.2, 0) is 11.3 Å². The normalized spacial score (nSPS) is 10.3. The minimum atomic E-state index is -0.288. The molecular weight excluding hydrogens is 274 g/mol. The molecule has 0 aliphatic rings. The molecule has 20 heavy (non-hydrogen) atoms. The van der Waals surface area contributed by atoms with Crippen molar-refractivity contribution in [2.45, 2.75) is 18.4 Å². The molecule has 0 bridgehead atoms. The van der Waals surface area contributed by atoms with Crippen LogP contribution in [0.2, 0.25) is 0 Å². The molecule has 1 heterocycles. The van der Waals surface area contributed by atoms with Gasteiger partial charge in [-0.15, -0.1) is 11.8 Å². The number of aryl methyl sites for hydroxylation is 1. The van der Waals surface area contributed by atoms with E-state index in [1.807, 2.05) is 30.5 Å². The number of nitrogens with zero attached hydrogens (tertiary/aromatic N) is 2. The molecule has 0 fully saturated rings. The van der Waals surface area contributed by atoms with Crippen LogP contribution in [0, 0.1) is 6.92 Å². The molecule has 0 unspecified atom stereocenters. The highest BCUT2D eigenvalue weighted by atomic mass is 32.2. The summed E-state index contributed by atoms with van der Waals surface area (Å²) in [6.07, 6.45) is 1.94. The predicted octanol–water partition coefficient (Wildman–Crippen LogP) is 1.91. The van der Waals surface area contributed by atoms with Crippen LogP contribution >= 0.6 is 11.8 Å². The highest BCUT2D eigenvalue weighted by Crippen LogP contribution is 2.24. The van der Waals surface area contributed by atoms with Crippen LogP contribution in [-0.4, -0.2) is 21.9 Å². The fourth-order valence-corrected chi connectivity index (χ4v) is 2.29. The van der Waals surface area contributed by atoms with Gasteiger partial charge in [-0.1, -0.05) is 12.1 Å². The topological polar surface area (TPSA) is 64.0 Å².